The van der Waals surface area contributed by atoms with Gasteiger partial charge in [0.15, 0.2) is 0 Å². The molecule has 0 amide bonds. The van der Waals surface area contributed by atoms with Gasteiger partial charge in [-0.05, 0) is 24.3 Å². The molecule has 0 aromatic heterocycles. The van der Waals surface area contributed by atoms with E-state index in [1.54, 1.807) is 0 Å². The average molecular weight is 538 g/mol. The van der Waals surface area contributed by atoms with Crippen LogP contribution in [0.25, 0.3) is 0 Å². The molecular formula is C19H12Cl4N2O8. The molecule has 33 heavy (non-hydrogen) atoms. The second-order valence-corrected chi connectivity index (χ2v) is 9.19. The van der Waals surface area contributed by atoms with Crippen LogP contribution in [0.3, 0.4) is 0 Å². The minimum Gasteiger partial charge on any atom is -0.462 e. The molecule has 2 aromatic rings. The second kappa shape index (κ2) is 9.68. The molecule has 2 atom stereocenters. The molecule has 1 aliphatic carbocycles. The van der Waals surface area contributed by atoms with Crippen LogP contribution in [0.15, 0.2) is 36.4 Å². The summed E-state index contributed by atoms with van der Waals surface area (Å²) in [6.07, 6.45) is 0. The molecule has 0 N–H and O–H groups in total. The average Bonchev–Trinajstić information content (AvgIpc) is 3.28. The van der Waals surface area contributed by atoms with Gasteiger partial charge in [-0.3, -0.25) is 20.2 Å². The zero-order valence-corrected chi connectivity index (χ0v) is 19.2. The van der Waals surface area contributed by atoms with Crippen molar-refractivity contribution >= 4 is 69.7 Å². The zero-order chi connectivity index (χ0) is 24.5. The number of carbonyl (C=O) groups is 2. The summed E-state index contributed by atoms with van der Waals surface area (Å²) in [5.41, 5.74) is -1.08. The summed E-state index contributed by atoms with van der Waals surface area (Å²) in [7, 11) is 0. The number of hydrogen-bond donors (Lipinski definition) is 0. The maximum Gasteiger partial charge on any atom is 0.338 e. The van der Waals surface area contributed by atoms with Crippen LogP contribution in [0.1, 0.15) is 20.7 Å². The van der Waals surface area contributed by atoms with Gasteiger partial charge in [-0.1, -0.05) is 23.2 Å². The predicted molar refractivity (Wildman–Crippen MR) is 118 cm³/mol. The lowest BCUT2D eigenvalue weighted by Gasteiger charge is -2.06. The molecule has 0 spiro atoms. The van der Waals surface area contributed by atoms with Gasteiger partial charge in [-0.15, -0.1) is 23.2 Å². The van der Waals surface area contributed by atoms with Crippen molar-refractivity contribution in [3.8, 4) is 0 Å². The SMILES string of the molecule is O=C(OCC1C(COC(=O)c2ccc(Cl)c([N+](=O)[O-])c2)C1(Cl)Cl)c1ccc(Cl)c([N+](=O)[O-])c1. The fourth-order valence-corrected chi connectivity index (χ4v) is 4.08. The van der Waals surface area contributed by atoms with Crippen molar-refractivity contribution in [3.05, 3.63) is 77.8 Å². The number of nitro benzene ring substituents is 2. The Kier molecular flexibility index (Phi) is 7.32. The Balaban J connectivity index is 1.57. The number of halogens is 4. The van der Waals surface area contributed by atoms with Gasteiger partial charge in [0.1, 0.15) is 14.4 Å². The summed E-state index contributed by atoms with van der Waals surface area (Å²) < 4.78 is 8.92. The van der Waals surface area contributed by atoms with E-state index in [1.807, 2.05) is 0 Å². The van der Waals surface area contributed by atoms with Gasteiger partial charge in [0, 0.05) is 24.0 Å². The number of rotatable bonds is 8. The predicted octanol–water partition coefficient (Wildman–Crippen LogP) is 5.24. The highest BCUT2D eigenvalue weighted by atomic mass is 35.5. The molecule has 2 aromatic carbocycles. The quantitative estimate of drug-likeness (QED) is 0.192. The van der Waals surface area contributed by atoms with Gasteiger partial charge in [-0.25, -0.2) is 9.59 Å². The van der Waals surface area contributed by atoms with E-state index < -0.39 is 49.3 Å². The van der Waals surface area contributed by atoms with Crippen LogP contribution in [-0.4, -0.2) is 39.3 Å². The number of nitro groups is 2. The van der Waals surface area contributed by atoms with Gasteiger partial charge < -0.3 is 9.47 Å². The standard InChI is InChI=1S/C19H12Cl4N2O8/c20-13-3-1-9(5-15(13)24(28)29)17(26)32-7-11-12(19(11,22)23)8-33-18(27)10-2-4-14(21)16(6-10)25(30)31/h1-6,11-12H,7-8H2. The van der Waals surface area contributed by atoms with Gasteiger partial charge in [0.25, 0.3) is 11.4 Å². The van der Waals surface area contributed by atoms with E-state index in [4.69, 9.17) is 55.9 Å². The Morgan fingerprint density at radius 2 is 1.18 bits per heavy atom. The number of hydrogen-bond acceptors (Lipinski definition) is 8. The van der Waals surface area contributed by atoms with Crippen molar-refractivity contribution in [2.24, 2.45) is 11.8 Å². The lowest BCUT2D eigenvalue weighted by molar-refractivity contribution is -0.384. The van der Waals surface area contributed by atoms with Crippen molar-refractivity contribution in [1.82, 2.24) is 0 Å². The summed E-state index contributed by atoms with van der Waals surface area (Å²) >= 11 is 23.8. The van der Waals surface area contributed by atoms with E-state index in [9.17, 15) is 29.8 Å². The largest absolute Gasteiger partial charge is 0.462 e. The first kappa shape index (κ1) is 25.0. The van der Waals surface area contributed by atoms with Crippen molar-refractivity contribution in [2.45, 2.75) is 4.33 Å². The van der Waals surface area contributed by atoms with E-state index >= 15 is 0 Å². The monoisotopic (exact) mass is 536 g/mol. The van der Waals surface area contributed by atoms with Crippen LogP contribution in [0.5, 0.6) is 0 Å². The van der Waals surface area contributed by atoms with Crippen LogP contribution in [0, 0.1) is 32.1 Å². The Morgan fingerprint density at radius 3 is 1.52 bits per heavy atom. The summed E-state index contributed by atoms with van der Waals surface area (Å²) in [5.74, 6) is -2.87. The van der Waals surface area contributed by atoms with Crippen molar-refractivity contribution in [1.29, 1.82) is 0 Å². The first-order chi connectivity index (χ1) is 15.4. The minimum atomic E-state index is -1.35. The van der Waals surface area contributed by atoms with Crippen LogP contribution >= 0.6 is 46.4 Å². The maximum absolute atomic E-state index is 12.2. The van der Waals surface area contributed by atoms with Gasteiger partial charge >= 0.3 is 11.9 Å². The molecule has 1 saturated carbocycles. The molecule has 3 rings (SSSR count). The molecular weight excluding hydrogens is 526 g/mol. The van der Waals surface area contributed by atoms with E-state index in [1.165, 1.54) is 24.3 Å². The topological polar surface area (TPSA) is 139 Å². The van der Waals surface area contributed by atoms with Crippen LogP contribution in [0.2, 0.25) is 10.0 Å². The molecule has 0 saturated heterocycles. The van der Waals surface area contributed by atoms with E-state index in [0.29, 0.717) is 0 Å². The summed E-state index contributed by atoms with van der Waals surface area (Å²) in [5, 5.41) is 21.6. The van der Waals surface area contributed by atoms with E-state index in [-0.39, 0.29) is 34.4 Å². The fraction of sp³-hybridized carbons (Fsp3) is 0.263. The highest BCUT2D eigenvalue weighted by Gasteiger charge is 2.64. The van der Waals surface area contributed by atoms with E-state index in [0.717, 1.165) is 12.1 Å². The third-order valence-electron chi connectivity index (χ3n) is 4.91. The number of benzene rings is 2. The molecule has 0 radical (unpaired) electrons. The molecule has 14 heteroatoms. The van der Waals surface area contributed by atoms with Crippen molar-refractivity contribution in [3.63, 3.8) is 0 Å². The molecule has 1 fully saturated rings. The number of esters is 2. The summed E-state index contributed by atoms with van der Waals surface area (Å²) in [6.45, 7) is -0.478. The lowest BCUT2D eigenvalue weighted by Crippen LogP contribution is -2.11. The molecule has 174 valence electrons. The number of nitrogens with zero attached hydrogens (tertiary/aromatic N) is 2. The van der Waals surface area contributed by atoms with Crippen LogP contribution in [0.4, 0.5) is 11.4 Å². The molecule has 0 bridgehead atoms. The van der Waals surface area contributed by atoms with E-state index in [2.05, 4.69) is 0 Å². The number of alkyl halides is 2. The van der Waals surface area contributed by atoms with Gasteiger partial charge in [0.05, 0.1) is 34.2 Å². The summed E-state index contributed by atoms with van der Waals surface area (Å²) in [6, 6.07) is 6.90. The highest BCUT2D eigenvalue weighted by molar-refractivity contribution is 6.51. The smallest absolute Gasteiger partial charge is 0.338 e. The lowest BCUT2D eigenvalue weighted by atomic mass is 10.2. The first-order valence-electron chi connectivity index (χ1n) is 9.03. The molecule has 10 nitrogen and oxygen atoms in total. The molecule has 0 heterocycles. The Labute approximate surface area is 205 Å². The molecule has 1 aliphatic rings. The normalized spacial score (nSPS) is 18.3. The highest BCUT2D eigenvalue weighted by Crippen LogP contribution is 2.59. The summed E-state index contributed by atoms with van der Waals surface area (Å²) in [4.78, 5) is 44.9. The van der Waals surface area contributed by atoms with Crippen LogP contribution in [-0.2, 0) is 9.47 Å². The Morgan fingerprint density at radius 1 is 0.818 bits per heavy atom. The zero-order valence-electron chi connectivity index (χ0n) is 16.2. The Bertz CT molecular complexity index is 1070. The third kappa shape index (κ3) is 5.47. The van der Waals surface area contributed by atoms with Crippen molar-refractivity contribution < 1.29 is 28.9 Å². The third-order valence-corrected chi connectivity index (χ3v) is 6.67. The maximum atomic E-state index is 12.2. The van der Waals surface area contributed by atoms with Gasteiger partial charge in [-0.2, -0.15) is 0 Å². The Hall–Kier alpha value is -2.66. The van der Waals surface area contributed by atoms with Crippen LogP contribution < -0.4 is 0 Å². The molecule has 0 aliphatic heterocycles. The number of ether oxygens (including phenoxy) is 2. The fourth-order valence-electron chi connectivity index (χ4n) is 2.97. The van der Waals surface area contributed by atoms with Gasteiger partial charge in [0.2, 0.25) is 0 Å². The number of carbonyl (C=O) groups excluding carboxylic acids is 2. The second-order valence-electron chi connectivity index (χ2n) is 6.93. The first-order valence-corrected chi connectivity index (χ1v) is 10.5. The minimum absolute atomic E-state index is 0.0891. The molecule has 2 unspecified atom stereocenters. The van der Waals surface area contributed by atoms with Crippen molar-refractivity contribution in [2.75, 3.05) is 13.2 Å².